The lowest BCUT2D eigenvalue weighted by atomic mass is 10.2. The van der Waals surface area contributed by atoms with Crippen LogP contribution < -0.4 is 5.32 Å². The van der Waals surface area contributed by atoms with Crippen LogP contribution in [0.15, 0.2) is 0 Å². The predicted molar refractivity (Wildman–Crippen MR) is 68.2 cm³/mol. The van der Waals surface area contributed by atoms with Gasteiger partial charge in [0.15, 0.2) is 0 Å². The van der Waals surface area contributed by atoms with Crippen LogP contribution in [0, 0.1) is 6.92 Å². The maximum atomic E-state index is 11.8. The molecule has 0 amide bonds. The van der Waals surface area contributed by atoms with Crippen molar-refractivity contribution in [1.29, 1.82) is 0 Å². The molecule has 0 unspecified atom stereocenters. The zero-order valence-corrected chi connectivity index (χ0v) is 11.9. The second-order valence-electron chi connectivity index (χ2n) is 3.79. The topological polar surface area (TPSA) is 60.5 Å². The summed E-state index contributed by atoms with van der Waals surface area (Å²) >= 11 is 1.05. The number of carbonyl (C=O) groups is 1. The first-order chi connectivity index (χ1) is 9.35. The van der Waals surface area contributed by atoms with Gasteiger partial charge >= 0.3 is 12.1 Å². The molecule has 0 radical (unpaired) electrons. The van der Waals surface area contributed by atoms with Crippen LogP contribution in [0.1, 0.15) is 23.0 Å². The molecule has 0 aliphatic heterocycles. The van der Waals surface area contributed by atoms with Crippen molar-refractivity contribution in [2.24, 2.45) is 0 Å². The summed E-state index contributed by atoms with van der Waals surface area (Å²) < 4.78 is 48.9. The molecule has 0 aliphatic rings. The number of ether oxygens (including phenoxy) is 2. The molecule has 0 saturated carbocycles. The second kappa shape index (κ2) is 7.44. The molecule has 0 atom stereocenters. The Labute approximate surface area is 118 Å². The number of anilines is 1. The number of hydrogen-bond donors (Lipinski definition) is 1. The Morgan fingerprint density at radius 3 is 2.75 bits per heavy atom. The van der Waals surface area contributed by atoms with Crippen LogP contribution >= 0.6 is 11.5 Å². The highest BCUT2D eigenvalue weighted by Gasteiger charge is 2.27. The minimum atomic E-state index is -4.34. The largest absolute Gasteiger partial charge is 0.462 e. The lowest BCUT2D eigenvalue weighted by Crippen LogP contribution is -2.20. The fraction of sp³-hybridized carbons (Fsp3) is 0.636. The molecule has 0 fully saturated rings. The number of hydrogen-bond acceptors (Lipinski definition) is 6. The maximum Gasteiger partial charge on any atom is 0.411 e. The molecule has 114 valence electrons. The van der Waals surface area contributed by atoms with Crippen molar-refractivity contribution in [1.82, 2.24) is 4.37 Å². The first-order valence-corrected chi connectivity index (χ1v) is 6.64. The Bertz CT molecular complexity index is 449. The van der Waals surface area contributed by atoms with E-state index in [0.717, 1.165) is 11.5 Å². The number of carbonyl (C=O) groups excluding carboxylic acids is 1. The fourth-order valence-electron chi connectivity index (χ4n) is 1.36. The van der Waals surface area contributed by atoms with Gasteiger partial charge in [0.25, 0.3) is 0 Å². The number of esters is 1. The van der Waals surface area contributed by atoms with Crippen molar-refractivity contribution in [3.05, 3.63) is 11.3 Å². The SMILES string of the molecule is CCOC(=O)c1c(C)nsc1NCCOCC(F)(F)F. The molecule has 5 nitrogen and oxygen atoms in total. The Morgan fingerprint density at radius 2 is 2.15 bits per heavy atom. The molecular formula is C11H15F3N2O3S. The number of rotatable bonds is 7. The summed E-state index contributed by atoms with van der Waals surface area (Å²) in [6, 6.07) is 0. The van der Waals surface area contributed by atoms with E-state index in [2.05, 4.69) is 14.4 Å². The highest BCUT2D eigenvalue weighted by molar-refractivity contribution is 7.10. The van der Waals surface area contributed by atoms with Gasteiger partial charge in [-0.2, -0.15) is 17.5 Å². The van der Waals surface area contributed by atoms with E-state index >= 15 is 0 Å². The number of aryl methyl sites for hydroxylation is 1. The summed E-state index contributed by atoms with van der Waals surface area (Å²) in [6.07, 6.45) is -4.34. The first-order valence-electron chi connectivity index (χ1n) is 5.87. The summed E-state index contributed by atoms with van der Waals surface area (Å²) in [4.78, 5) is 11.7. The third kappa shape index (κ3) is 5.33. The summed E-state index contributed by atoms with van der Waals surface area (Å²) in [5, 5.41) is 3.29. The molecule has 20 heavy (non-hydrogen) atoms. The molecule has 9 heteroatoms. The minimum absolute atomic E-state index is 0.126. The Balaban J connectivity index is 2.46. The first kappa shape index (κ1) is 16.7. The van der Waals surface area contributed by atoms with Gasteiger partial charge in [-0.3, -0.25) is 0 Å². The van der Waals surface area contributed by atoms with Crippen molar-refractivity contribution < 1.29 is 27.4 Å². The van der Waals surface area contributed by atoms with E-state index in [0.29, 0.717) is 16.3 Å². The van der Waals surface area contributed by atoms with E-state index in [4.69, 9.17) is 4.74 Å². The van der Waals surface area contributed by atoms with Gasteiger partial charge < -0.3 is 14.8 Å². The normalized spacial score (nSPS) is 11.4. The highest BCUT2D eigenvalue weighted by atomic mass is 32.1. The minimum Gasteiger partial charge on any atom is -0.462 e. The molecular weight excluding hydrogens is 297 g/mol. The number of halogens is 3. The number of alkyl halides is 3. The average molecular weight is 312 g/mol. The third-order valence-electron chi connectivity index (χ3n) is 2.14. The van der Waals surface area contributed by atoms with E-state index in [1.807, 2.05) is 0 Å². The second-order valence-corrected chi connectivity index (χ2v) is 4.56. The van der Waals surface area contributed by atoms with Crippen LogP contribution in [0.25, 0.3) is 0 Å². The van der Waals surface area contributed by atoms with Gasteiger partial charge in [0.05, 0.1) is 18.9 Å². The number of nitrogens with zero attached hydrogens (tertiary/aromatic N) is 1. The van der Waals surface area contributed by atoms with E-state index < -0.39 is 18.8 Å². The molecule has 0 saturated heterocycles. The molecule has 1 aromatic rings. The quantitative estimate of drug-likeness (QED) is 0.619. The average Bonchev–Trinajstić information content (AvgIpc) is 2.69. The van der Waals surface area contributed by atoms with E-state index in [-0.39, 0.29) is 19.8 Å². The molecule has 1 aromatic heterocycles. The van der Waals surface area contributed by atoms with Crippen molar-refractivity contribution in [3.8, 4) is 0 Å². The third-order valence-corrected chi connectivity index (χ3v) is 3.04. The molecule has 1 N–H and O–H groups in total. The smallest absolute Gasteiger partial charge is 0.411 e. The van der Waals surface area contributed by atoms with Gasteiger partial charge in [0.2, 0.25) is 0 Å². The van der Waals surface area contributed by atoms with Crippen LogP contribution in [-0.4, -0.2) is 42.9 Å². The van der Waals surface area contributed by atoms with Crippen LogP contribution in [0.3, 0.4) is 0 Å². The standard InChI is InChI=1S/C11H15F3N2O3S/c1-3-19-10(17)8-7(2)16-20-9(8)15-4-5-18-6-11(12,13)14/h15H,3-6H2,1-2H3. The van der Waals surface area contributed by atoms with E-state index in [1.165, 1.54) is 0 Å². The Hall–Kier alpha value is -1.35. The molecule has 0 aromatic carbocycles. The lowest BCUT2D eigenvalue weighted by Gasteiger charge is -2.09. The van der Waals surface area contributed by atoms with Crippen molar-refractivity contribution in [2.45, 2.75) is 20.0 Å². The summed E-state index contributed by atoms with van der Waals surface area (Å²) in [5.41, 5.74) is 0.833. The fourth-order valence-corrected chi connectivity index (χ4v) is 2.17. The lowest BCUT2D eigenvalue weighted by molar-refractivity contribution is -0.172. The predicted octanol–water partition coefficient (Wildman–Crippen LogP) is 2.62. The molecule has 0 spiro atoms. The highest BCUT2D eigenvalue weighted by Crippen LogP contribution is 2.25. The molecule has 0 bridgehead atoms. The Morgan fingerprint density at radius 1 is 1.45 bits per heavy atom. The van der Waals surface area contributed by atoms with Gasteiger partial charge in [0.1, 0.15) is 17.2 Å². The number of aromatic nitrogens is 1. The van der Waals surface area contributed by atoms with Crippen LogP contribution in [0.5, 0.6) is 0 Å². The Kier molecular flexibility index (Phi) is 6.21. The molecule has 1 heterocycles. The monoisotopic (exact) mass is 312 g/mol. The summed E-state index contributed by atoms with van der Waals surface area (Å²) in [5.74, 6) is -0.502. The summed E-state index contributed by atoms with van der Waals surface area (Å²) in [6.45, 7) is 2.31. The maximum absolute atomic E-state index is 11.8. The van der Waals surface area contributed by atoms with Crippen molar-refractivity contribution in [3.63, 3.8) is 0 Å². The van der Waals surface area contributed by atoms with E-state index in [9.17, 15) is 18.0 Å². The summed E-state index contributed by atoms with van der Waals surface area (Å²) in [7, 11) is 0. The number of nitrogens with one attached hydrogen (secondary N) is 1. The van der Waals surface area contributed by atoms with Crippen molar-refractivity contribution >= 4 is 22.5 Å². The van der Waals surface area contributed by atoms with Gasteiger partial charge in [-0.1, -0.05) is 0 Å². The van der Waals surface area contributed by atoms with Gasteiger partial charge in [-0.05, 0) is 25.4 Å². The van der Waals surface area contributed by atoms with Crippen molar-refractivity contribution in [2.75, 3.05) is 31.7 Å². The molecule has 1 rings (SSSR count). The van der Waals surface area contributed by atoms with E-state index in [1.54, 1.807) is 13.8 Å². The zero-order chi connectivity index (χ0) is 15.2. The van der Waals surface area contributed by atoms with Gasteiger partial charge in [-0.15, -0.1) is 0 Å². The van der Waals surface area contributed by atoms with Gasteiger partial charge in [0, 0.05) is 6.54 Å². The van der Waals surface area contributed by atoms with Crippen LogP contribution in [0.4, 0.5) is 18.2 Å². The zero-order valence-electron chi connectivity index (χ0n) is 11.0. The van der Waals surface area contributed by atoms with Crippen LogP contribution in [0.2, 0.25) is 0 Å². The van der Waals surface area contributed by atoms with Crippen LogP contribution in [-0.2, 0) is 9.47 Å². The molecule has 0 aliphatic carbocycles. The van der Waals surface area contributed by atoms with Gasteiger partial charge in [-0.25, -0.2) is 4.79 Å².